The number of unbranched alkanes of at least 4 members (excludes halogenated alkanes) is 2. The van der Waals surface area contributed by atoms with E-state index in [2.05, 4.69) is 0 Å². The van der Waals surface area contributed by atoms with Gasteiger partial charge in [0.15, 0.2) is 0 Å². The Morgan fingerprint density at radius 3 is 2.08 bits per heavy atom. The fraction of sp³-hybridized carbons (Fsp3) is 1.00. The van der Waals surface area contributed by atoms with E-state index in [0.29, 0.717) is 19.3 Å². The Morgan fingerprint density at radius 2 is 1.69 bits per heavy atom. The molecule has 0 N–H and O–H groups in total. The molecule has 0 aromatic carbocycles. The molecule has 0 spiro atoms. The van der Waals surface area contributed by atoms with Gasteiger partial charge < -0.3 is 4.55 Å². The Labute approximate surface area is 111 Å². The molecule has 0 rings (SSSR count). The number of rotatable bonds is 6. The summed E-state index contributed by atoms with van der Waals surface area (Å²) in [5.74, 6) is -0.289. The first-order valence-electron chi connectivity index (χ1n) is 3.63. The molecular formula is C6H11Cl2NaO3S. The number of alkyl halides is 2. The van der Waals surface area contributed by atoms with Crippen molar-refractivity contribution in [1.29, 1.82) is 0 Å². The SMILES string of the molecule is O=S(=O)([O-])CCCCCC(Cl)Cl.[Na+]. The molecule has 0 aliphatic carbocycles. The molecule has 74 valence electrons. The zero-order valence-corrected chi connectivity index (χ0v) is 11.8. The van der Waals surface area contributed by atoms with E-state index in [0.717, 1.165) is 6.42 Å². The number of halogens is 2. The third-order valence-electron chi connectivity index (χ3n) is 1.32. The second-order valence-electron chi connectivity index (χ2n) is 2.50. The number of hydrogen-bond donors (Lipinski definition) is 0. The summed E-state index contributed by atoms with van der Waals surface area (Å²) in [6.45, 7) is 0. The summed E-state index contributed by atoms with van der Waals surface area (Å²) in [6, 6.07) is 0. The van der Waals surface area contributed by atoms with E-state index < -0.39 is 15.0 Å². The average molecular weight is 257 g/mol. The smallest absolute Gasteiger partial charge is 0.748 e. The fourth-order valence-electron chi connectivity index (χ4n) is 0.754. The summed E-state index contributed by atoms with van der Waals surface area (Å²) in [5.41, 5.74) is 0. The minimum Gasteiger partial charge on any atom is -0.748 e. The first kappa shape index (κ1) is 16.9. The third kappa shape index (κ3) is 16.2. The van der Waals surface area contributed by atoms with Crippen LogP contribution in [0.5, 0.6) is 0 Å². The van der Waals surface area contributed by atoms with E-state index in [9.17, 15) is 13.0 Å². The topological polar surface area (TPSA) is 57.2 Å². The van der Waals surface area contributed by atoms with Gasteiger partial charge in [-0.25, -0.2) is 8.42 Å². The van der Waals surface area contributed by atoms with Gasteiger partial charge in [0.05, 0.1) is 10.1 Å². The average Bonchev–Trinajstić information content (AvgIpc) is 1.83. The van der Waals surface area contributed by atoms with Crippen LogP contribution in [0.3, 0.4) is 0 Å². The first-order valence-corrected chi connectivity index (χ1v) is 6.08. The molecule has 0 bridgehead atoms. The molecular weight excluding hydrogens is 246 g/mol. The van der Waals surface area contributed by atoms with Gasteiger partial charge in [-0.2, -0.15) is 0 Å². The van der Waals surface area contributed by atoms with Crippen LogP contribution in [-0.4, -0.2) is 23.6 Å². The zero-order valence-electron chi connectivity index (χ0n) is 7.50. The van der Waals surface area contributed by atoms with Crippen molar-refractivity contribution in [2.75, 3.05) is 5.75 Å². The van der Waals surface area contributed by atoms with Crippen molar-refractivity contribution in [1.82, 2.24) is 0 Å². The maximum absolute atomic E-state index is 10.1. The van der Waals surface area contributed by atoms with Gasteiger partial charge in [-0.15, -0.1) is 23.2 Å². The molecule has 7 heteroatoms. The van der Waals surface area contributed by atoms with Gasteiger partial charge in [-0.3, -0.25) is 0 Å². The van der Waals surface area contributed by atoms with Gasteiger partial charge >= 0.3 is 29.6 Å². The Kier molecular flexibility index (Phi) is 11.4. The van der Waals surface area contributed by atoms with Crippen molar-refractivity contribution in [2.24, 2.45) is 0 Å². The van der Waals surface area contributed by atoms with Crippen LogP contribution < -0.4 is 29.6 Å². The summed E-state index contributed by atoms with van der Waals surface area (Å²) in [4.78, 5) is -0.395. The van der Waals surface area contributed by atoms with Crippen LogP contribution in [0, 0.1) is 0 Å². The van der Waals surface area contributed by atoms with Gasteiger partial charge in [0.1, 0.15) is 4.84 Å². The Hall–Kier alpha value is 1.49. The standard InChI is InChI=1S/C6H12Cl2O3S.Na/c7-6(8)4-2-1-3-5-12(9,10)11;/h6H,1-5H2,(H,9,10,11);/q;+1/p-1. The Balaban J connectivity index is 0. The summed E-state index contributed by atoms with van der Waals surface area (Å²) in [5, 5.41) is 0. The van der Waals surface area contributed by atoms with Gasteiger partial charge in [0.2, 0.25) is 0 Å². The molecule has 0 radical (unpaired) electrons. The Morgan fingerprint density at radius 1 is 1.15 bits per heavy atom. The van der Waals surface area contributed by atoms with Crippen LogP contribution >= 0.6 is 23.2 Å². The van der Waals surface area contributed by atoms with Crippen LogP contribution in [0.4, 0.5) is 0 Å². The maximum atomic E-state index is 10.1. The van der Waals surface area contributed by atoms with E-state index in [1.165, 1.54) is 0 Å². The van der Waals surface area contributed by atoms with Crippen LogP contribution in [0.1, 0.15) is 25.7 Å². The van der Waals surface area contributed by atoms with Crippen molar-refractivity contribution >= 4 is 33.3 Å². The van der Waals surface area contributed by atoms with Gasteiger partial charge in [0.25, 0.3) is 0 Å². The van der Waals surface area contributed by atoms with Crippen molar-refractivity contribution in [3.8, 4) is 0 Å². The molecule has 0 unspecified atom stereocenters. The third-order valence-corrected chi connectivity index (χ3v) is 2.54. The molecule has 3 nitrogen and oxygen atoms in total. The van der Waals surface area contributed by atoms with E-state index in [4.69, 9.17) is 23.2 Å². The summed E-state index contributed by atoms with van der Waals surface area (Å²) in [6.07, 6.45) is 2.47. The number of hydrogen-bond acceptors (Lipinski definition) is 3. The summed E-state index contributed by atoms with van der Waals surface area (Å²) in [7, 11) is -4.04. The predicted octanol–water partition coefficient (Wildman–Crippen LogP) is -1.10. The van der Waals surface area contributed by atoms with E-state index >= 15 is 0 Å². The maximum Gasteiger partial charge on any atom is 1.00 e. The molecule has 0 aliphatic heterocycles. The van der Waals surface area contributed by atoms with Crippen LogP contribution in [-0.2, 0) is 10.1 Å². The molecule has 0 heterocycles. The fourth-order valence-corrected chi connectivity index (χ4v) is 1.62. The largest absolute Gasteiger partial charge is 1.00 e. The van der Waals surface area contributed by atoms with E-state index in [-0.39, 0.29) is 35.3 Å². The molecule has 0 fully saturated rings. The summed E-state index contributed by atoms with van der Waals surface area (Å²) >= 11 is 10.9. The molecule has 0 saturated carbocycles. The molecule has 0 saturated heterocycles. The van der Waals surface area contributed by atoms with E-state index in [1.54, 1.807) is 0 Å². The molecule has 0 amide bonds. The van der Waals surface area contributed by atoms with Crippen LogP contribution in [0.2, 0.25) is 0 Å². The van der Waals surface area contributed by atoms with Gasteiger partial charge in [-0.05, 0) is 12.8 Å². The van der Waals surface area contributed by atoms with Crippen molar-refractivity contribution in [3.63, 3.8) is 0 Å². The van der Waals surface area contributed by atoms with E-state index in [1.807, 2.05) is 0 Å². The first-order chi connectivity index (χ1) is 5.42. The molecule has 0 aromatic heterocycles. The molecule has 0 aliphatic rings. The van der Waals surface area contributed by atoms with Crippen LogP contribution in [0.25, 0.3) is 0 Å². The summed E-state index contributed by atoms with van der Waals surface area (Å²) < 4.78 is 30.4. The second kappa shape index (κ2) is 8.77. The second-order valence-corrected chi connectivity index (χ2v) is 5.30. The van der Waals surface area contributed by atoms with Crippen LogP contribution in [0.15, 0.2) is 0 Å². The van der Waals surface area contributed by atoms with Gasteiger partial charge in [0, 0.05) is 5.75 Å². The molecule has 0 aromatic rings. The normalized spacial score (nSPS) is 11.4. The minimum atomic E-state index is -4.04. The van der Waals surface area contributed by atoms with Crippen molar-refractivity contribution in [3.05, 3.63) is 0 Å². The molecule has 0 atom stereocenters. The minimum absolute atomic E-state index is 0. The van der Waals surface area contributed by atoms with Crippen molar-refractivity contribution < 1.29 is 42.5 Å². The monoisotopic (exact) mass is 256 g/mol. The van der Waals surface area contributed by atoms with Crippen molar-refractivity contribution in [2.45, 2.75) is 30.5 Å². The predicted molar refractivity (Wildman–Crippen MR) is 48.5 cm³/mol. The quantitative estimate of drug-likeness (QED) is 0.263. The van der Waals surface area contributed by atoms with Gasteiger partial charge in [-0.1, -0.05) is 12.8 Å². The Bertz CT molecular complexity index is 206. The zero-order chi connectivity index (χ0) is 9.61. The molecule has 13 heavy (non-hydrogen) atoms.